The lowest BCUT2D eigenvalue weighted by molar-refractivity contribution is 0.149. The van der Waals surface area contributed by atoms with E-state index in [4.69, 9.17) is 5.11 Å². The monoisotopic (exact) mass is 118 g/mol. The van der Waals surface area contributed by atoms with Gasteiger partial charge in [0.2, 0.25) is 0 Å². The molecule has 8 heavy (non-hydrogen) atoms. The fourth-order valence-corrected chi connectivity index (χ4v) is 0.228. The van der Waals surface area contributed by atoms with Crippen LogP contribution in [-0.4, -0.2) is 22.8 Å². The molecule has 1 N–H and O–H groups in total. The summed E-state index contributed by atoms with van der Waals surface area (Å²) >= 11 is 0. The van der Waals surface area contributed by atoms with Crippen molar-refractivity contribution in [3.05, 3.63) is 4.91 Å². The zero-order valence-electron chi connectivity index (χ0n) is 4.37. The van der Waals surface area contributed by atoms with E-state index < -0.39 is 6.09 Å². The quantitative estimate of drug-likeness (QED) is 0.427. The largest absolute Gasteiger partial charge is 0.464 e. The summed E-state index contributed by atoms with van der Waals surface area (Å²) in [6.07, 6.45) is -1.32. The Kier molecular flexibility index (Phi) is 2.53. The Morgan fingerprint density at radius 2 is 2.38 bits per heavy atom. The van der Waals surface area contributed by atoms with Crippen molar-refractivity contribution in [3.63, 3.8) is 0 Å². The number of carboxylic acid groups (broad SMARTS) is 1. The predicted molar refractivity (Wildman–Crippen MR) is 26.2 cm³/mol. The topological polar surface area (TPSA) is 70.0 Å². The van der Waals surface area contributed by atoms with Gasteiger partial charge < -0.3 is 5.11 Å². The number of hydrogen-bond acceptors (Lipinski definition) is 3. The minimum Gasteiger partial charge on any atom is -0.464 e. The molecule has 0 fully saturated rings. The second-order valence-corrected chi connectivity index (χ2v) is 1.08. The van der Waals surface area contributed by atoms with Gasteiger partial charge in [0.05, 0.1) is 5.29 Å². The first-order valence-electron chi connectivity index (χ1n) is 2.06. The summed E-state index contributed by atoms with van der Waals surface area (Å²) in [6.45, 7) is 1.62. The zero-order valence-corrected chi connectivity index (χ0v) is 4.37. The van der Waals surface area contributed by atoms with Crippen LogP contribution in [-0.2, 0) is 0 Å². The molecule has 5 heteroatoms. The summed E-state index contributed by atoms with van der Waals surface area (Å²) < 4.78 is 0. The summed E-state index contributed by atoms with van der Waals surface area (Å²) in [5.74, 6) is 0. The van der Waals surface area contributed by atoms with Gasteiger partial charge in [-0.2, -0.15) is 5.01 Å². The molecule has 0 aliphatic rings. The summed E-state index contributed by atoms with van der Waals surface area (Å²) in [5, 5.41) is 10.6. The molecule has 5 nitrogen and oxygen atoms in total. The van der Waals surface area contributed by atoms with Crippen LogP contribution in [0.1, 0.15) is 6.92 Å². The fourth-order valence-electron chi connectivity index (χ4n) is 0.228. The van der Waals surface area contributed by atoms with Crippen LogP contribution in [0.4, 0.5) is 4.79 Å². The van der Waals surface area contributed by atoms with Crippen molar-refractivity contribution in [2.45, 2.75) is 6.92 Å². The van der Waals surface area contributed by atoms with Gasteiger partial charge in [0.25, 0.3) is 0 Å². The van der Waals surface area contributed by atoms with Crippen LogP contribution in [0, 0.1) is 4.91 Å². The first-order valence-corrected chi connectivity index (χ1v) is 2.06. The van der Waals surface area contributed by atoms with E-state index >= 15 is 0 Å². The van der Waals surface area contributed by atoms with Crippen molar-refractivity contribution in [1.29, 1.82) is 0 Å². The van der Waals surface area contributed by atoms with Gasteiger partial charge in [0.1, 0.15) is 0 Å². The van der Waals surface area contributed by atoms with Crippen LogP contribution >= 0.6 is 0 Å². The van der Waals surface area contributed by atoms with Gasteiger partial charge >= 0.3 is 6.09 Å². The molecule has 0 bridgehead atoms. The molecule has 1 amide bonds. The first kappa shape index (κ1) is 6.87. The van der Waals surface area contributed by atoms with E-state index in [0.717, 1.165) is 0 Å². The van der Waals surface area contributed by atoms with E-state index in [0.29, 0.717) is 5.01 Å². The Balaban J connectivity index is 3.69. The number of amides is 1. The highest BCUT2D eigenvalue weighted by Gasteiger charge is 2.06. The number of nitroso groups, excluding NO2 is 1. The number of rotatable bonds is 2. The van der Waals surface area contributed by atoms with Crippen molar-refractivity contribution < 1.29 is 9.90 Å². The lowest BCUT2D eigenvalue weighted by Gasteiger charge is -2.01. The van der Waals surface area contributed by atoms with Gasteiger partial charge in [-0.15, -0.1) is 4.91 Å². The van der Waals surface area contributed by atoms with Crippen LogP contribution in [0.2, 0.25) is 0 Å². The maximum atomic E-state index is 9.79. The molecular formula is C3H6N2O3. The molecule has 0 saturated carbocycles. The van der Waals surface area contributed by atoms with Crippen molar-refractivity contribution in [2.75, 3.05) is 6.54 Å². The second kappa shape index (κ2) is 2.95. The predicted octanol–water partition coefficient (Wildman–Crippen LogP) is 0.668. The van der Waals surface area contributed by atoms with Crippen LogP contribution < -0.4 is 0 Å². The third-order valence-corrected chi connectivity index (χ3v) is 0.619. The minimum absolute atomic E-state index is 0.0961. The SMILES string of the molecule is CCN(N=O)C(=O)O. The summed E-state index contributed by atoms with van der Waals surface area (Å²) in [5.41, 5.74) is 0. The highest BCUT2D eigenvalue weighted by atomic mass is 16.4. The fraction of sp³-hybridized carbons (Fsp3) is 0.667. The van der Waals surface area contributed by atoms with E-state index in [-0.39, 0.29) is 6.54 Å². The van der Waals surface area contributed by atoms with E-state index in [1.807, 2.05) is 0 Å². The third kappa shape index (κ3) is 1.55. The molecule has 0 aromatic rings. The molecule has 0 atom stereocenters. The molecular weight excluding hydrogens is 112 g/mol. The van der Waals surface area contributed by atoms with Crippen LogP contribution in [0.3, 0.4) is 0 Å². The number of hydrogen-bond donors (Lipinski definition) is 1. The van der Waals surface area contributed by atoms with E-state index in [9.17, 15) is 9.70 Å². The zero-order chi connectivity index (χ0) is 6.57. The first-order chi connectivity index (χ1) is 3.72. The van der Waals surface area contributed by atoms with Gasteiger partial charge in [-0.25, -0.2) is 4.79 Å². The van der Waals surface area contributed by atoms with Gasteiger partial charge in [-0.05, 0) is 6.92 Å². The molecule has 0 rings (SSSR count). The molecule has 46 valence electrons. The lowest BCUT2D eigenvalue weighted by Crippen LogP contribution is -2.22. The Labute approximate surface area is 45.8 Å². The second-order valence-electron chi connectivity index (χ2n) is 1.08. The lowest BCUT2D eigenvalue weighted by atomic mass is 10.7. The Morgan fingerprint density at radius 3 is 2.38 bits per heavy atom. The highest BCUT2D eigenvalue weighted by Crippen LogP contribution is 1.86. The average Bonchev–Trinajstić information content (AvgIpc) is 1.69. The van der Waals surface area contributed by atoms with Gasteiger partial charge in [-0.1, -0.05) is 0 Å². The van der Waals surface area contributed by atoms with Crippen LogP contribution in [0.15, 0.2) is 5.29 Å². The van der Waals surface area contributed by atoms with Crippen LogP contribution in [0.5, 0.6) is 0 Å². The molecule has 0 radical (unpaired) electrons. The van der Waals surface area contributed by atoms with Crippen LogP contribution in [0.25, 0.3) is 0 Å². The normalized spacial score (nSPS) is 8.12. The molecule has 0 aliphatic heterocycles. The number of nitrogens with zero attached hydrogens (tertiary/aromatic N) is 2. The van der Waals surface area contributed by atoms with Gasteiger partial charge in [0.15, 0.2) is 0 Å². The maximum Gasteiger partial charge on any atom is 0.430 e. The minimum atomic E-state index is -1.32. The Hall–Kier alpha value is -1.13. The summed E-state index contributed by atoms with van der Waals surface area (Å²) in [4.78, 5) is 19.3. The molecule has 0 heterocycles. The Morgan fingerprint density at radius 1 is 1.88 bits per heavy atom. The molecule has 0 saturated heterocycles. The molecule has 0 aliphatic carbocycles. The van der Waals surface area contributed by atoms with E-state index in [1.54, 1.807) is 0 Å². The molecule has 0 aromatic heterocycles. The van der Waals surface area contributed by atoms with Crippen molar-refractivity contribution in [2.24, 2.45) is 5.29 Å². The van der Waals surface area contributed by atoms with Crippen molar-refractivity contribution in [3.8, 4) is 0 Å². The smallest absolute Gasteiger partial charge is 0.430 e. The summed E-state index contributed by atoms with van der Waals surface area (Å²) in [7, 11) is 0. The Bertz CT molecular complexity index is 103. The van der Waals surface area contributed by atoms with E-state index in [1.165, 1.54) is 6.92 Å². The van der Waals surface area contributed by atoms with Gasteiger partial charge in [-0.3, -0.25) is 0 Å². The average molecular weight is 118 g/mol. The summed E-state index contributed by atoms with van der Waals surface area (Å²) in [6, 6.07) is 0. The van der Waals surface area contributed by atoms with E-state index in [2.05, 4.69) is 5.29 Å². The van der Waals surface area contributed by atoms with Gasteiger partial charge in [0, 0.05) is 6.54 Å². The number of carbonyl (C=O) groups is 1. The van der Waals surface area contributed by atoms with Crippen molar-refractivity contribution in [1.82, 2.24) is 5.01 Å². The molecule has 0 spiro atoms. The highest BCUT2D eigenvalue weighted by molar-refractivity contribution is 5.64. The third-order valence-electron chi connectivity index (χ3n) is 0.619. The standard InChI is InChI=1S/C3H6N2O3/c1-2-5(4-8)3(6)7/h2H2,1H3,(H,6,7). The molecule has 0 aromatic carbocycles. The van der Waals surface area contributed by atoms with Crippen molar-refractivity contribution >= 4 is 6.09 Å². The molecule has 0 unspecified atom stereocenters. The maximum absolute atomic E-state index is 9.79.